The molecule has 3 atom stereocenters. The Morgan fingerprint density at radius 2 is 2.20 bits per heavy atom. The predicted octanol–water partition coefficient (Wildman–Crippen LogP) is 2.68. The van der Waals surface area contributed by atoms with E-state index in [0.717, 1.165) is 6.42 Å². The zero-order valence-electron chi connectivity index (χ0n) is 12.5. The first-order valence-electron chi connectivity index (χ1n) is 7.13. The van der Waals surface area contributed by atoms with Crippen molar-refractivity contribution in [2.24, 2.45) is 11.8 Å². The summed E-state index contributed by atoms with van der Waals surface area (Å²) in [5, 5.41) is 0. The molecule has 0 aromatic rings. The van der Waals surface area contributed by atoms with Gasteiger partial charge in [-0.3, -0.25) is 9.59 Å². The number of allylic oxidation sites excluding steroid dienone is 4. The van der Waals surface area contributed by atoms with Gasteiger partial charge in [0.15, 0.2) is 5.78 Å². The molecule has 112 valence electrons. The van der Waals surface area contributed by atoms with Gasteiger partial charge in [0.05, 0.1) is 13.0 Å². The van der Waals surface area contributed by atoms with Crippen molar-refractivity contribution in [3.05, 3.63) is 24.3 Å². The minimum atomic E-state index is -0.275. The largest absolute Gasteiger partial charge is 0.460 e. The summed E-state index contributed by atoms with van der Waals surface area (Å²) in [6.45, 7) is 4.23. The van der Waals surface area contributed by atoms with E-state index in [9.17, 15) is 9.59 Å². The third-order valence-corrected chi connectivity index (χ3v) is 3.32. The summed E-state index contributed by atoms with van der Waals surface area (Å²) in [4.78, 5) is 23.6. The maximum Gasteiger partial charge on any atom is 0.306 e. The molecule has 0 bridgehead atoms. The molecule has 0 saturated heterocycles. The van der Waals surface area contributed by atoms with E-state index in [4.69, 9.17) is 9.47 Å². The molecule has 0 aromatic heterocycles. The first kappa shape index (κ1) is 16.6. The summed E-state index contributed by atoms with van der Waals surface area (Å²) in [5.41, 5.74) is 0. The highest BCUT2D eigenvalue weighted by Crippen LogP contribution is 2.29. The first-order valence-corrected chi connectivity index (χ1v) is 7.13. The Bertz CT molecular complexity index is 384. The lowest BCUT2D eigenvalue weighted by Crippen LogP contribution is -2.24. The van der Waals surface area contributed by atoms with Gasteiger partial charge in [0.1, 0.15) is 6.10 Å². The molecule has 0 aromatic carbocycles. The standard InChI is InChI=1S/C16H24O4/c1-4-5-6-7-14-13(8-9-15(14)17)10-16(18)20-12(2)11-19-3/h5-6,8-9,12-14H,4,7,10-11H2,1-3H3/b6-5-/t12?,13-,14+/m0/s1. The number of methoxy groups -OCH3 is 1. The molecular weight excluding hydrogens is 256 g/mol. The summed E-state index contributed by atoms with van der Waals surface area (Å²) in [6, 6.07) is 0. The van der Waals surface area contributed by atoms with E-state index in [-0.39, 0.29) is 36.1 Å². The molecule has 0 N–H and O–H groups in total. The van der Waals surface area contributed by atoms with Crippen LogP contribution in [0.1, 0.15) is 33.1 Å². The second-order valence-corrected chi connectivity index (χ2v) is 5.11. The summed E-state index contributed by atoms with van der Waals surface area (Å²) < 4.78 is 10.2. The van der Waals surface area contributed by atoms with E-state index in [1.807, 2.05) is 18.2 Å². The maximum atomic E-state index is 11.8. The molecule has 20 heavy (non-hydrogen) atoms. The fraction of sp³-hybridized carbons (Fsp3) is 0.625. The van der Waals surface area contributed by atoms with Crippen LogP contribution >= 0.6 is 0 Å². The Morgan fingerprint density at radius 1 is 1.45 bits per heavy atom. The van der Waals surface area contributed by atoms with E-state index in [1.54, 1.807) is 20.1 Å². The number of hydrogen-bond acceptors (Lipinski definition) is 4. The maximum absolute atomic E-state index is 11.8. The Labute approximate surface area is 120 Å². The van der Waals surface area contributed by atoms with E-state index < -0.39 is 0 Å². The third kappa shape index (κ3) is 5.29. The molecule has 0 spiro atoms. The van der Waals surface area contributed by atoms with Gasteiger partial charge in [-0.05, 0) is 31.8 Å². The van der Waals surface area contributed by atoms with Crippen molar-refractivity contribution in [1.29, 1.82) is 0 Å². The molecule has 1 unspecified atom stereocenters. The number of esters is 1. The average molecular weight is 280 g/mol. The van der Waals surface area contributed by atoms with E-state index >= 15 is 0 Å². The van der Waals surface area contributed by atoms with Gasteiger partial charge >= 0.3 is 5.97 Å². The normalized spacial score (nSPS) is 23.4. The minimum absolute atomic E-state index is 0.0498. The highest BCUT2D eigenvalue weighted by molar-refractivity contribution is 5.95. The van der Waals surface area contributed by atoms with Crippen molar-refractivity contribution in [3.8, 4) is 0 Å². The SMILES string of the molecule is CC/C=C\C[C@H]1C(=O)C=C[C@H]1CC(=O)OC(C)COC. The molecule has 0 saturated carbocycles. The van der Waals surface area contributed by atoms with Gasteiger partial charge in [-0.15, -0.1) is 0 Å². The van der Waals surface area contributed by atoms with Crippen LogP contribution in [0.25, 0.3) is 0 Å². The van der Waals surface area contributed by atoms with Crippen LogP contribution in [0.2, 0.25) is 0 Å². The Morgan fingerprint density at radius 3 is 2.85 bits per heavy atom. The monoisotopic (exact) mass is 280 g/mol. The van der Waals surface area contributed by atoms with Crippen molar-refractivity contribution >= 4 is 11.8 Å². The number of carbonyl (C=O) groups is 2. The van der Waals surface area contributed by atoms with Crippen molar-refractivity contribution in [3.63, 3.8) is 0 Å². The van der Waals surface area contributed by atoms with Gasteiger partial charge in [-0.2, -0.15) is 0 Å². The van der Waals surface area contributed by atoms with Gasteiger partial charge in [-0.25, -0.2) is 0 Å². The van der Waals surface area contributed by atoms with Crippen LogP contribution < -0.4 is 0 Å². The molecule has 0 radical (unpaired) electrons. The topological polar surface area (TPSA) is 52.6 Å². The summed E-state index contributed by atoms with van der Waals surface area (Å²) in [6.07, 6.45) is 9.10. The van der Waals surface area contributed by atoms with E-state index in [1.165, 1.54) is 0 Å². The molecule has 1 aliphatic rings. The number of ketones is 1. The first-order chi connectivity index (χ1) is 9.58. The van der Waals surface area contributed by atoms with Crippen molar-refractivity contribution in [2.45, 2.75) is 39.2 Å². The molecule has 4 nitrogen and oxygen atoms in total. The Balaban J connectivity index is 2.48. The van der Waals surface area contributed by atoms with Gasteiger partial charge in [-0.1, -0.05) is 25.2 Å². The summed E-state index contributed by atoms with van der Waals surface area (Å²) in [7, 11) is 1.57. The van der Waals surface area contributed by atoms with Crippen LogP contribution in [-0.4, -0.2) is 31.6 Å². The highest BCUT2D eigenvalue weighted by atomic mass is 16.6. The van der Waals surface area contributed by atoms with Crippen molar-refractivity contribution in [2.75, 3.05) is 13.7 Å². The predicted molar refractivity (Wildman–Crippen MR) is 77.2 cm³/mol. The van der Waals surface area contributed by atoms with Crippen molar-refractivity contribution < 1.29 is 19.1 Å². The Kier molecular flexibility index (Phi) is 7.23. The van der Waals surface area contributed by atoms with Gasteiger partial charge in [0.2, 0.25) is 0 Å². The molecule has 0 fully saturated rings. The molecule has 0 heterocycles. The van der Waals surface area contributed by atoms with Gasteiger partial charge < -0.3 is 9.47 Å². The lowest BCUT2D eigenvalue weighted by molar-refractivity contribution is -0.151. The van der Waals surface area contributed by atoms with Gasteiger partial charge in [0.25, 0.3) is 0 Å². The quantitative estimate of drug-likeness (QED) is 0.506. The van der Waals surface area contributed by atoms with E-state index in [0.29, 0.717) is 13.0 Å². The van der Waals surface area contributed by atoms with Crippen LogP contribution in [0.5, 0.6) is 0 Å². The third-order valence-electron chi connectivity index (χ3n) is 3.32. The minimum Gasteiger partial charge on any atom is -0.460 e. The van der Waals surface area contributed by atoms with Gasteiger partial charge in [0, 0.05) is 13.0 Å². The Hall–Kier alpha value is -1.42. The molecule has 0 amide bonds. The van der Waals surface area contributed by atoms with Crippen LogP contribution in [0.4, 0.5) is 0 Å². The molecule has 0 aliphatic heterocycles. The summed E-state index contributed by atoms with van der Waals surface area (Å²) in [5.74, 6) is -0.341. The van der Waals surface area contributed by atoms with Crippen molar-refractivity contribution in [1.82, 2.24) is 0 Å². The number of hydrogen-bond donors (Lipinski definition) is 0. The number of rotatable bonds is 8. The average Bonchev–Trinajstić information content (AvgIpc) is 2.71. The van der Waals surface area contributed by atoms with Crippen LogP contribution in [-0.2, 0) is 19.1 Å². The number of ether oxygens (including phenoxy) is 2. The van der Waals surface area contributed by atoms with Crippen LogP contribution in [0, 0.1) is 11.8 Å². The smallest absolute Gasteiger partial charge is 0.306 e. The lowest BCUT2D eigenvalue weighted by atomic mass is 9.89. The fourth-order valence-electron chi connectivity index (χ4n) is 2.33. The van der Waals surface area contributed by atoms with Crippen LogP contribution in [0.15, 0.2) is 24.3 Å². The molecular formula is C16H24O4. The fourth-order valence-corrected chi connectivity index (χ4v) is 2.33. The second kappa shape index (κ2) is 8.69. The zero-order chi connectivity index (χ0) is 15.0. The summed E-state index contributed by atoms with van der Waals surface area (Å²) >= 11 is 0. The lowest BCUT2D eigenvalue weighted by Gasteiger charge is -2.18. The van der Waals surface area contributed by atoms with E-state index in [2.05, 4.69) is 6.92 Å². The molecule has 1 aliphatic carbocycles. The number of carbonyl (C=O) groups excluding carboxylic acids is 2. The van der Waals surface area contributed by atoms with Crippen LogP contribution in [0.3, 0.4) is 0 Å². The molecule has 1 rings (SSSR count). The molecule has 4 heteroatoms. The second-order valence-electron chi connectivity index (χ2n) is 5.11. The highest BCUT2D eigenvalue weighted by Gasteiger charge is 2.31. The zero-order valence-corrected chi connectivity index (χ0v) is 12.5.